The lowest BCUT2D eigenvalue weighted by atomic mass is 9.97. The van der Waals surface area contributed by atoms with E-state index in [2.05, 4.69) is 24.3 Å². The Hall–Kier alpha value is -1.31. The molecule has 2 nitrogen and oxygen atoms in total. The minimum absolute atomic E-state index is 0.0826. The Kier molecular flexibility index (Phi) is 3.60. The molecule has 1 saturated carbocycles. The van der Waals surface area contributed by atoms with Gasteiger partial charge in [-0.1, -0.05) is 30.3 Å². The van der Waals surface area contributed by atoms with Crippen LogP contribution in [0.1, 0.15) is 31.2 Å². The second-order valence-electron chi connectivity index (χ2n) is 4.74. The van der Waals surface area contributed by atoms with Crippen LogP contribution in [-0.4, -0.2) is 11.1 Å². The lowest BCUT2D eigenvalue weighted by molar-refractivity contribution is -0.141. The Morgan fingerprint density at radius 3 is 2.62 bits per heavy atom. The zero-order chi connectivity index (χ0) is 11.4. The number of aryl methyl sites for hydroxylation is 1. The smallest absolute Gasteiger partial charge is 0.306 e. The molecule has 0 heterocycles. The summed E-state index contributed by atoms with van der Waals surface area (Å²) in [6, 6.07) is 10.4. The highest BCUT2D eigenvalue weighted by atomic mass is 16.4. The van der Waals surface area contributed by atoms with Crippen LogP contribution in [-0.2, 0) is 11.2 Å². The molecule has 1 N–H and O–H groups in total. The number of rotatable bonds is 4. The highest BCUT2D eigenvalue weighted by molar-refractivity contribution is 5.70. The summed E-state index contributed by atoms with van der Waals surface area (Å²) >= 11 is 0. The van der Waals surface area contributed by atoms with Gasteiger partial charge in [0.25, 0.3) is 0 Å². The molecular weight excluding hydrogens is 200 g/mol. The maximum Gasteiger partial charge on any atom is 0.306 e. The van der Waals surface area contributed by atoms with Crippen molar-refractivity contribution >= 4 is 5.97 Å². The minimum atomic E-state index is -0.609. The quantitative estimate of drug-likeness (QED) is 0.843. The third kappa shape index (κ3) is 2.84. The second kappa shape index (κ2) is 5.15. The maximum atomic E-state index is 10.8. The minimum Gasteiger partial charge on any atom is -0.481 e. The molecule has 0 bridgehead atoms. The largest absolute Gasteiger partial charge is 0.481 e. The fraction of sp³-hybridized carbons (Fsp3) is 0.500. The Morgan fingerprint density at radius 1 is 1.25 bits per heavy atom. The summed E-state index contributed by atoms with van der Waals surface area (Å²) in [6.45, 7) is 0. The monoisotopic (exact) mass is 218 g/mol. The van der Waals surface area contributed by atoms with Crippen molar-refractivity contribution in [2.45, 2.75) is 32.1 Å². The molecule has 16 heavy (non-hydrogen) atoms. The van der Waals surface area contributed by atoms with Gasteiger partial charge in [-0.05, 0) is 43.6 Å². The fourth-order valence-electron chi connectivity index (χ4n) is 2.58. The van der Waals surface area contributed by atoms with Gasteiger partial charge in [-0.15, -0.1) is 0 Å². The van der Waals surface area contributed by atoms with Crippen molar-refractivity contribution in [3.05, 3.63) is 35.9 Å². The van der Waals surface area contributed by atoms with Gasteiger partial charge >= 0.3 is 5.97 Å². The molecule has 2 atom stereocenters. The molecule has 2 unspecified atom stereocenters. The lowest BCUT2D eigenvalue weighted by Gasteiger charge is -2.09. The van der Waals surface area contributed by atoms with Crippen LogP contribution in [0.5, 0.6) is 0 Å². The van der Waals surface area contributed by atoms with Crippen LogP contribution in [0.4, 0.5) is 0 Å². The summed E-state index contributed by atoms with van der Waals surface area (Å²) in [7, 11) is 0. The highest BCUT2D eigenvalue weighted by Crippen LogP contribution is 2.33. The van der Waals surface area contributed by atoms with Crippen molar-refractivity contribution in [1.29, 1.82) is 0 Å². The lowest BCUT2D eigenvalue weighted by Crippen LogP contribution is -2.09. The van der Waals surface area contributed by atoms with Gasteiger partial charge in [0, 0.05) is 0 Å². The number of hydrogen-bond acceptors (Lipinski definition) is 1. The van der Waals surface area contributed by atoms with E-state index in [1.807, 2.05) is 6.07 Å². The van der Waals surface area contributed by atoms with Gasteiger partial charge in [0.1, 0.15) is 0 Å². The molecule has 1 aliphatic carbocycles. The molecule has 86 valence electrons. The van der Waals surface area contributed by atoms with E-state index in [1.54, 1.807) is 0 Å². The molecule has 0 spiro atoms. The number of carboxylic acids is 1. The first-order valence-corrected chi connectivity index (χ1v) is 6.02. The van der Waals surface area contributed by atoms with Crippen molar-refractivity contribution in [2.75, 3.05) is 0 Å². The van der Waals surface area contributed by atoms with E-state index < -0.39 is 5.97 Å². The second-order valence-corrected chi connectivity index (χ2v) is 4.74. The maximum absolute atomic E-state index is 10.8. The first kappa shape index (κ1) is 11.2. The zero-order valence-corrected chi connectivity index (χ0v) is 9.43. The van der Waals surface area contributed by atoms with Crippen LogP contribution in [0.2, 0.25) is 0 Å². The molecule has 0 aliphatic heterocycles. The van der Waals surface area contributed by atoms with Crippen LogP contribution in [0.15, 0.2) is 30.3 Å². The summed E-state index contributed by atoms with van der Waals surface area (Å²) in [4.78, 5) is 10.8. The highest BCUT2D eigenvalue weighted by Gasteiger charge is 2.29. The summed E-state index contributed by atoms with van der Waals surface area (Å²) in [5.74, 6) is -0.0794. The van der Waals surface area contributed by atoms with Gasteiger partial charge in [-0.2, -0.15) is 0 Å². The van der Waals surface area contributed by atoms with Crippen LogP contribution in [0, 0.1) is 11.8 Å². The average Bonchev–Trinajstić information content (AvgIpc) is 2.76. The molecule has 1 aromatic carbocycles. The third-order valence-electron chi connectivity index (χ3n) is 3.57. The van der Waals surface area contributed by atoms with Crippen molar-refractivity contribution in [2.24, 2.45) is 11.8 Å². The number of aliphatic carboxylic acids is 1. The summed E-state index contributed by atoms with van der Waals surface area (Å²) < 4.78 is 0. The molecule has 0 radical (unpaired) electrons. The van der Waals surface area contributed by atoms with Gasteiger partial charge in [-0.3, -0.25) is 4.79 Å². The molecule has 1 fully saturated rings. The Labute approximate surface area is 96.3 Å². The molecule has 0 saturated heterocycles. The van der Waals surface area contributed by atoms with E-state index in [1.165, 1.54) is 5.56 Å². The average molecular weight is 218 g/mol. The van der Waals surface area contributed by atoms with Crippen LogP contribution in [0.25, 0.3) is 0 Å². The normalized spacial score (nSPS) is 24.5. The van der Waals surface area contributed by atoms with Gasteiger partial charge in [0.05, 0.1) is 5.92 Å². The standard InChI is InChI=1S/C14H18O2/c15-14(16)13-9-8-12(10-13)7-6-11-4-2-1-3-5-11/h1-5,12-13H,6-10H2,(H,15,16). The van der Waals surface area contributed by atoms with E-state index in [4.69, 9.17) is 5.11 Å². The van der Waals surface area contributed by atoms with Crippen LogP contribution < -0.4 is 0 Å². The van der Waals surface area contributed by atoms with E-state index in [0.29, 0.717) is 5.92 Å². The first-order chi connectivity index (χ1) is 7.75. The predicted molar refractivity (Wildman–Crippen MR) is 63.2 cm³/mol. The number of benzene rings is 1. The van der Waals surface area contributed by atoms with Gasteiger partial charge < -0.3 is 5.11 Å². The number of hydrogen-bond donors (Lipinski definition) is 1. The van der Waals surface area contributed by atoms with Gasteiger partial charge in [-0.25, -0.2) is 0 Å². The van der Waals surface area contributed by atoms with Gasteiger partial charge in [0.15, 0.2) is 0 Å². The number of carboxylic acid groups (broad SMARTS) is 1. The van der Waals surface area contributed by atoms with Gasteiger partial charge in [0.2, 0.25) is 0 Å². The Bertz CT molecular complexity index is 345. The van der Waals surface area contributed by atoms with Crippen LogP contribution in [0.3, 0.4) is 0 Å². The van der Waals surface area contributed by atoms with Crippen LogP contribution >= 0.6 is 0 Å². The first-order valence-electron chi connectivity index (χ1n) is 6.02. The SMILES string of the molecule is O=C(O)C1CCC(CCc2ccccc2)C1. The predicted octanol–water partition coefficient (Wildman–Crippen LogP) is 3.12. The molecule has 1 aliphatic rings. The molecule has 2 rings (SSSR count). The summed E-state index contributed by atoms with van der Waals surface area (Å²) in [5, 5.41) is 8.92. The van der Waals surface area contributed by atoms with Crippen molar-refractivity contribution in [3.63, 3.8) is 0 Å². The zero-order valence-electron chi connectivity index (χ0n) is 9.43. The molecule has 1 aromatic rings. The van der Waals surface area contributed by atoms with E-state index in [0.717, 1.165) is 32.1 Å². The van der Waals surface area contributed by atoms with E-state index in [9.17, 15) is 4.79 Å². The third-order valence-corrected chi connectivity index (χ3v) is 3.57. The van der Waals surface area contributed by atoms with E-state index in [-0.39, 0.29) is 5.92 Å². The summed E-state index contributed by atoms with van der Waals surface area (Å²) in [6.07, 6.45) is 5.05. The molecular formula is C14H18O2. The van der Waals surface area contributed by atoms with Crippen molar-refractivity contribution in [1.82, 2.24) is 0 Å². The van der Waals surface area contributed by atoms with Crippen molar-refractivity contribution < 1.29 is 9.90 Å². The summed E-state index contributed by atoms with van der Waals surface area (Å²) in [5.41, 5.74) is 1.36. The fourth-order valence-corrected chi connectivity index (χ4v) is 2.58. The number of carbonyl (C=O) groups is 1. The molecule has 0 amide bonds. The van der Waals surface area contributed by atoms with E-state index >= 15 is 0 Å². The van der Waals surface area contributed by atoms with Crippen molar-refractivity contribution in [3.8, 4) is 0 Å². The topological polar surface area (TPSA) is 37.3 Å². The Balaban J connectivity index is 1.78. The Morgan fingerprint density at radius 2 is 2.00 bits per heavy atom. The molecule has 0 aromatic heterocycles. The molecule has 2 heteroatoms.